The summed E-state index contributed by atoms with van der Waals surface area (Å²) in [4.78, 5) is 0. The maximum atomic E-state index is 12.1. The first-order chi connectivity index (χ1) is 12.3. The van der Waals surface area contributed by atoms with Gasteiger partial charge >= 0.3 is 0 Å². The molecule has 2 aromatic rings. The van der Waals surface area contributed by atoms with Crippen LogP contribution in [0.1, 0.15) is 30.5 Å². The second-order valence-corrected chi connectivity index (χ2v) is 9.51. The Labute approximate surface area is 159 Å². The number of halogens is 1. The molecule has 0 aromatic heterocycles. The molecule has 1 aliphatic rings. The third-order valence-corrected chi connectivity index (χ3v) is 6.53. The van der Waals surface area contributed by atoms with Crippen molar-refractivity contribution in [1.82, 2.24) is 4.72 Å². The summed E-state index contributed by atoms with van der Waals surface area (Å²) in [6.45, 7) is 3.22. The van der Waals surface area contributed by atoms with Gasteiger partial charge in [-0.2, -0.15) is 0 Å². The van der Waals surface area contributed by atoms with Crippen LogP contribution < -0.4 is 9.46 Å². The van der Waals surface area contributed by atoms with Gasteiger partial charge in [0.15, 0.2) is 0 Å². The number of aliphatic hydroxyl groups is 1. The predicted molar refractivity (Wildman–Crippen MR) is 102 cm³/mol. The highest BCUT2D eigenvalue weighted by molar-refractivity contribution is 7.90. The van der Waals surface area contributed by atoms with Crippen molar-refractivity contribution >= 4 is 21.6 Å². The molecule has 0 saturated heterocycles. The van der Waals surface area contributed by atoms with E-state index < -0.39 is 15.3 Å². The number of fused-ring (bicyclic) bond motifs is 1. The van der Waals surface area contributed by atoms with Gasteiger partial charge in [0, 0.05) is 11.1 Å². The summed E-state index contributed by atoms with van der Waals surface area (Å²) in [7, 11) is -3.29. The van der Waals surface area contributed by atoms with Crippen molar-refractivity contribution < 1.29 is 18.3 Å². The van der Waals surface area contributed by atoms with Crippen molar-refractivity contribution in [3.63, 3.8) is 0 Å². The van der Waals surface area contributed by atoms with Crippen LogP contribution in [0.25, 0.3) is 0 Å². The lowest BCUT2D eigenvalue weighted by Crippen LogP contribution is -2.39. The van der Waals surface area contributed by atoms with Gasteiger partial charge in [0.05, 0.1) is 11.9 Å². The standard InChI is InChI=1S/C19H22ClNO4S/c1-12(2)26(23,24)21-17-7-14-3-4-18(9-15(14)8-17)25-19-6-13(11-22)5-16(20)10-19/h3-6,9-10,12,17,21-22H,7-8,11H2,1-2H3/t17-/m0/s1. The molecule has 0 amide bonds. The van der Waals surface area contributed by atoms with Crippen molar-refractivity contribution in [2.45, 2.75) is 44.6 Å². The highest BCUT2D eigenvalue weighted by atomic mass is 35.5. The zero-order valence-corrected chi connectivity index (χ0v) is 16.3. The van der Waals surface area contributed by atoms with E-state index in [0.717, 1.165) is 11.1 Å². The topological polar surface area (TPSA) is 75.6 Å². The molecule has 140 valence electrons. The largest absolute Gasteiger partial charge is 0.457 e. The minimum Gasteiger partial charge on any atom is -0.457 e. The predicted octanol–water partition coefficient (Wildman–Crippen LogP) is 3.42. The number of nitrogens with one attached hydrogen (secondary N) is 1. The lowest BCUT2D eigenvalue weighted by molar-refractivity contribution is 0.281. The Hall–Kier alpha value is -1.60. The van der Waals surface area contributed by atoms with Gasteiger partial charge in [-0.05, 0) is 73.7 Å². The van der Waals surface area contributed by atoms with Crippen LogP contribution in [0.15, 0.2) is 36.4 Å². The molecular weight excluding hydrogens is 374 g/mol. The maximum absolute atomic E-state index is 12.1. The molecule has 7 heteroatoms. The van der Waals surface area contributed by atoms with Crippen LogP contribution in [-0.4, -0.2) is 24.8 Å². The second kappa shape index (κ2) is 7.56. The van der Waals surface area contributed by atoms with Crippen molar-refractivity contribution in [2.24, 2.45) is 0 Å². The fourth-order valence-electron chi connectivity index (χ4n) is 3.02. The Bertz CT molecular complexity index is 912. The smallest absolute Gasteiger partial charge is 0.214 e. The van der Waals surface area contributed by atoms with Crippen LogP contribution in [-0.2, 0) is 29.5 Å². The van der Waals surface area contributed by atoms with Crippen molar-refractivity contribution in [3.05, 3.63) is 58.1 Å². The molecule has 2 aromatic carbocycles. The van der Waals surface area contributed by atoms with Crippen LogP contribution in [0.4, 0.5) is 0 Å². The number of aliphatic hydroxyl groups excluding tert-OH is 1. The molecule has 0 heterocycles. The monoisotopic (exact) mass is 395 g/mol. The molecule has 0 fully saturated rings. The summed E-state index contributed by atoms with van der Waals surface area (Å²) in [5.74, 6) is 1.21. The summed E-state index contributed by atoms with van der Waals surface area (Å²) < 4.78 is 32.8. The molecule has 26 heavy (non-hydrogen) atoms. The number of hydrogen-bond acceptors (Lipinski definition) is 4. The lowest BCUT2D eigenvalue weighted by atomic mass is 10.1. The van der Waals surface area contributed by atoms with Gasteiger partial charge in [0.25, 0.3) is 0 Å². The SMILES string of the molecule is CC(C)S(=O)(=O)N[C@H]1Cc2ccc(Oc3cc(Cl)cc(CO)c3)cc2C1. The highest BCUT2D eigenvalue weighted by Gasteiger charge is 2.27. The number of hydrogen-bond donors (Lipinski definition) is 2. The van der Waals surface area contributed by atoms with Gasteiger partial charge in [-0.25, -0.2) is 13.1 Å². The van der Waals surface area contributed by atoms with Gasteiger partial charge < -0.3 is 9.84 Å². The third-order valence-electron chi connectivity index (χ3n) is 4.41. The molecule has 0 bridgehead atoms. The molecule has 2 N–H and O–H groups in total. The Morgan fingerprint density at radius 2 is 1.88 bits per heavy atom. The fourth-order valence-corrected chi connectivity index (χ4v) is 4.17. The van der Waals surface area contributed by atoms with Crippen LogP contribution in [0.2, 0.25) is 5.02 Å². The average molecular weight is 396 g/mol. The maximum Gasteiger partial charge on any atom is 0.214 e. The zero-order chi connectivity index (χ0) is 18.9. The van der Waals surface area contributed by atoms with Crippen molar-refractivity contribution in [2.75, 3.05) is 0 Å². The van der Waals surface area contributed by atoms with Gasteiger partial charge in [0.1, 0.15) is 11.5 Å². The van der Waals surface area contributed by atoms with Crippen LogP contribution in [0.5, 0.6) is 11.5 Å². The molecule has 0 spiro atoms. The Kier molecular flexibility index (Phi) is 5.58. The van der Waals surface area contributed by atoms with E-state index in [-0.39, 0.29) is 12.6 Å². The summed E-state index contributed by atoms with van der Waals surface area (Å²) in [6, 6.07) is 10.7. The third kappa shape index (κ3) is 4.38. The minimum atomic E-state index is -3.29. The second-order valence-electron chi connectivity index (χ2n) is 6.80. The van der Waals surface area contributed by atoms with Crippen LogP contribution in [0.3, 0.4) is 0 Å². The molecule has 0 unspecified atom stereocenters. The quantitative estimate of drug-likeness (QED) is 0.785. The summed E-state index contributed by atoms with van der Waals surface area (Å²) in [5, 5.41) is 9.32. The summed E-state index contributed by atoms with van der Waals surface area (Å²) >= 11 is 6.04. The Morgan fingerprint density at radius 1 is 1.15 bits per heavy atom. The van der Waals surface area contributed by atoms with E-state index >= 15 is 0 Å². The molecule has 1 aliphatic carbocycles. The molecule has 0 radical (unpaired) electrons. The highest BCUT2D eigenvalue weighted by Crippen LogP contribution is 2.31. The van der Waals surface area contributed by atoms with Crippen molar-refractivity contribution in [1.29, 1.82) is 0 Å². The molecule has 1 atom stereocenters. The zero-order valence-electron chi connectivity index (χ0n) is 14.7. The van der Waals surface area contributed by atoms with Gasteiger partial charge in [-0.1, -0.05) is 17.7 Å². The summed E-state index contributed by atoms with van der Waals surface area (Å²) in [5.41, 5.74) is 2.87. The van der Waals surface area contributed by atoms with Gasteiger partial charge in [0.2, 0.25) is 10.0 Å². The van der Waals surface area contributed by atoms with E-state index in [1.165, 1.54) is 0 Å². The summed E-state index contributed by atoms with van der Waals surface area (Å²) in [6.07, 6.45) is 1.31. The normalized spacial score (nSPS) is 16.7. The molecule has 5 nitrogen and oxygen atoms in total. The fraction of sp³-hybridized carbons (Fsp3) is 0.368. The van der Waals surface area contributed by atoms with Crippen molar-refractivity contribution in [3.8, 4) is 11.5 Å². The number of ether oxygens (including phenoxy) is 1. The average Bonchev–Trinajstić information content (AvgIpc) is 2.94. The van der Waals surface area contributed by atoms with Crippen LogP contribution in [0, 0.1) is 0 Å². The lowest BCUT2D eigenvalue weighted by Gasteiger charge is -2.14. The first-order valence-electron chi connectivity index (χ1n) is 8.48. The minimum absolute atomic E-state index is 0.112. The van der Waals surface area contributed by atoms with E-state index in [1.54, 1.807) is 32.0 Å². The molecule has 0 saturated carbocycles. The van der Waals surface area contributed by atoms with E-state index in [4.69, 9.17) is 16.3 Å². The Morgan fingerprint density at radius 3 is 2.58 bits per heavy atom. The molecule has 3 rings (SSSR count). The number of benzene rings is 2. The number of rotatable bonds is 6. The first kappa shape index (κ1) is 19.2. The van der Waals surface area contributed by atoms with Gasteiger partial charge in [-0.3, -0.25) is 0 Å². The van der Waals surface area contributed by atoms with E-state index in [1.807, 2.05) is 18.2 Å². The van der Waals surface area contributed by atoms with E-state index in [0.29, 0.717) is 34.9 Å². The van der Waals surface area contributed by atoms with E-state index in [9.17, 15) is 13.5 Å². The van der Waals surface area contributed by atoms with Gasteiger partial charge in [-0.15, -0.1) is 0 Å². The Balaban J connectivity index is 1.74. The molecule has 0 aliphatic heterocycles. The number of sulfonamides is 1. The molecular formula is C19H22ClNO4S. The van der Waals surface area contributed by atoms with Crippen LogP contribution >= 0.6 is 11.6 Å². The first-order valence-corrected chi connectivity index (χ1v) is 10.4. The van der Waals surface area contributed by atoms with E-state index in [2.05, 4.69) is 4.72 Å².